The van der Waals surface area contributed by atoms with Crippen LogP contribution in [-0.2, 0) is 6.54 Å². The number of aromatic nitrogens is 1. The fourth-order valence-electron chi connectivity index (χ4n) is 1.83. The lowest BCUT2D eigenvalue weighted by atomic mass is 10.2. The Morgan fingerprint density at radius 2 is 2.05 bits per heavy atom. The molecule has 0 saturated carbocycles. The van der Waals surface area contributed by atoms with E-state index in [-0.39, 0.29) is 5.69 Å². The number of carbonyl (C=O) groups is 1. The number of aromatic carboxylic acids is 1. The molecule has 6 nitrogen and oxygen atoms in total. The van der Waals surface area contributed by atoms with E-state index in [4.69, 9.17) is 14.6 Å². The van der Waals surface area contributed by atoms with E-state index in [2.05, 4.69) is 10.3 Å². The van der Waals surface area contributed by atoms with Crippen LogP contribution in [-0.4, -0.2) is 30.3 Å². The van der Waals surface area contributed by atoms with Crippen LogP contribution in [0.15, 0.2) is 36.4 Å². The van der Waals surface area contributed by atoms with Gasteiger partial charge in [-0.25, -0.2) is 9.78 Å². The highest BCUT2D eigenvalue weighted by Crippen LogP contribution is 2.29. The van der Waals surface area contributed by atoms with Gasteiger partial charge in [0.05, 0.1) is 32.1 Å². The Morgan fingerprint density at radius 3 is 2.71 bits per heavy atom. The molecule has 2 rings (SSSR count). The third-order valence-corrected chi connectivity index (χ3v) is 2.89. The van der Waals surface area contributed by atoms with E-state index in [0.29, 0.717) is 23.7 Å². The summed E-state index contributed by atoms with van der Waals surface area (Å²) in [7, 11) is 3.16. The van der Waals surface area contributed by atoms with Crippen molar-refractivity contribution in [2.75, 3.05) is 19.5 Å². The molecule has 1 heterocycles. The standard InChI is InChI=1S/C15H16N2O4/c1-20-11-6-7-12(14(8-11)21-2)16-9-10-4-3-5-13(17-10)15(18)19/h3-8,16H,9H2,1-2H3,(H,18,19). The maximum atomic E-state index is 10.9. The largest absolute Gasteiger partial charge is 0.497 e. The first kappa shape index (κ1) is 14.6. The summed E-state index contributed by atoms with van der Waals surface area (Å²) in [6.07, 6.45) is 0. The molecule has 0 atom stereocenters. The van der Waals surface area contributed by atoms with Crippen molar-refractivity contribution in [3.8, 4) is 11.5 Å². The van der Waals surface area contributed by atoms with Crippen molar-refractivity contribution in [2.24, 2.45) is 0 Å². The number of ether oxygens (including phenoxy) is 2. The molecule has 0 saturated heterocycles. The fourth-order valence-corrected chi connectivity index (χ4v) is 1.83. The number of nitrogens with zero attached hydrogens (tertiary/aromatic N) is 1. The molecule has 0 radical (unpaired) electrons. The third-order valence-electron chi connectivity index (χ3n) is 2.89. The number of anilines is 1. The van der Waals surface area contributed by atoms with Crippen molar-refractivity contribution in [2.45, 2.75) is 6.54 Å². The molecule has 1 aromatic carbocycles. The summed E-state index contributed by atoms with van der Waals surface area (Å²) in [5.74, 6) is 0.297. The molecule has 1 aromatic heterocycles. The van der Waals surface area contributed by atoms with Gasteiger partial charge in [0, 0.05) is 6.07 Å². The van der Waals surface area contributed by atoms with E-state index < -0.39 is 5.97 Å². The van der Waals surface area contributed by atoms with Gasteiger partial charge in [-0.3, -0.25) is 0 Å². The van der Waals surface area contributed by atoms with Crippen LogP contribution in [0.1, 0.15) is 16.2 Å². The molecule has 21 heavy (non-hydrogen) atoms. The molecule has 0 aliphatic carbocycles. The molecule has 0 unspecified atom stereocenters. The highest BCUT2D eigenvalue weighted by molar-refractivity contribution is 5.85. The minimum absolute atomic E-state index is 0.0241. The lowest BCUT2D eigenvalue weighted by Gasteiger charge is -2.12. The Morgan fingerprint density at radius 1 is 1.24 bits per heavy atom. The second kappa shape index (κ2) is 6.60. The Labute approximate surface area is 122 Å². The van der Waals surface area contributed by atoms with E-state index in [1.807, 2.05) is 12.1 Å². The minimum atomic E-state index is -1.04. The van der Waals surface area contributed by atoms with Crippen molar-refractivity contribution < 1.29 is 19.4 Å². The molecule has 0 aliphatic rings. The van der Waals surface area contributed by atoms with Crippen LogP contribution in [0.5, 0.6) is 11.5 Å². The zero-order valence-electron chi connectivity index (χ0n) is 11.8. The van der Waals surface area contributed by atoms with E-state index in [1.165, 1.54) is 6.07 Å². The summed E-state index contributed by atoms with van der Waals surface area (Å²) in [6.45, 7) is 0.393. The first-order valence-corrected chi connectivity index (χ1v) is 6.29. The van der Waals surface area contributed by atoms with Crippen molar-refractivity contribution in [3.63, 3.8) is 0 Å². The van der Waals surface area contributed by atoms with Gasteiger partial charge >= 0.3 is 5.97 Å². The maximum Gasteiger partial charge on any atom is 0.354 e. The zero-order chi connectivity index (χ0) is 15.2. The molecule has 110 valence electrons. The topological polar surface area (TPSA) is 80.7 Å². The van der Waals surface area contributed by atoms with Gasteiger partial charge in [0.1, 0.15) is 17.2 Å². The summed E-state index contributed by atoms with van der Waals surface area (Å²) in [5.41, 5.74) is 1.43. The zero-order valence-corrected chi connectivity index (χ0v) is 11.8. The quantitative estimate of drug-likeness (QED) is 0.849. The maximum absolute atomic E-state index is 10.9. The lowest BCUT2D eigenvalue weighted by molar-refractivity contribution is 0.0690. The predicted octanol–water partition coefficient (Wildman–Crippen LogP) is 2.41. The Hall–Kier alpha value is -2.76. The number of pyridine rings is 1. The molecule has 0 spiro atoms. The number of methoxy groups -OCH3 is 2. The smallest absolute Gasteiger partial charge is 0.354 e. The van der Waals surface area contributed by atoms with Crippen LogP contribution < -0.4 is 14.8 Å². The number of benzene rings is 1. The average Bonchev–Trinajstić information content (AvgIpc) is 2.53. The summed E-state index contributed by atoms with van der Waals surface area (Å²) >= 11 is 0. The Bertz CT molecular complexity index is 643. The monoisotopic (exact) mass is 288 g/mol. The number of nitrogens with one attached hydrogen (secondary N) is 1. The molecular weight excluding hydrogens is 272 g/mol. The van der Waals surface area contributed by atoms with Gasteiger partial charge in [-0.15, -0.1) is 0 Å². The van der Waals surface area contributed by atoms with Gasteiger partial charge in [-0.05, 0) is 24.3 Å². The first-order valence-electron chi connectivity index (χ1n) is 6.29. The second-order valence-corrected chi connectivity index (χ2v) is 4.24. The van der Waals surface area contributed by atoms with Gasteiger partial charge in [0.2, 0.25) is 0 Å². The number of rotatable bonds is 6. The third kappa shape index (κ3) is 3.62. The first-order chi connectivity index (χ1) is 10.1. The van der Waals surface area contributed by atoms with Crippen molar-refractivity contribution in [1.82, 2.24) is 4.98 Å². The highest BCUT2D eigenvalue weighted by atomic mass is 16.5. The lowest BCUT2D eigenvalue weighted by Crippen LogP contribution is -2.07. The van der Waals surface area contributed by atoms with Crippen molar-refractivity contribution >= 4 is 11.7 Å². The van der Waals surface area contributed by atoms with E-state index in [9.17, 15) is 4.79 Å². The van der Waals surface area contributed by atoms with E-state index in [0.717, 1.165) is 5.69 Å². The summed E-state index contributed by atoms with van der Waals surface area (Å²) < 4.78 is 10.4. The Kier molecular flexibility index (Phi) is 4.61. The minimum Gasteiger partial charge on any atom is -0.497 e. The number of hydrogen-bond acceptors (Lipinski definition) is 5. The van der Waals surface area contributed by atoms with Crippen LogP contribution in [0, 0.1) is 0 Å². The molecule has 6 heteroatoms. The van der Waals surface area contributed by atoms with Crippen LogP contribution in [0.25, 0.3) is 0 Å². The number of hydrogen-bond donors (Lipinski definition) is 2. The van der Waals surface area contributed by atoms with Gasteiger partial charge < -0.3 is 19.9 Å². The Balaban J connectivity index is 2.12. The molecule has 0 bridgehead atoms. The fraction of sp³-hybridized carbons (Fsp3) is 0.200. The highest BCUT2D eigenvalue weighted by Gasteiger charge is 2.07. The van der Waals surface area contributed by atoms with Crippen LogP contribution in [0.4, 0.5) is 5.69 Å². The van der Waals surface area contributed by atoms with E-state index in [1.54, 1.807) is 32.4 Å². The summed E-state index contributed by atoms with van der Waals surface area (Å²) in [5, 5.41) is 12.1. The average molecular weight is 288 g/mol. The predicted molar refractivity (Wildman–Crippen MR) is 78.1 cm³/mol. The summed E-state index contributed by atoms with van der Waals surface area (Å²) in [6, 6.07) is 10.3. The van der Waals surface area contributed by atoms with E-state index >= 15 is 0 Å². The second-order valence-electron chi connectivity index (χ2n) is 4.24. The summed E-state index contributed by atoms with van der Waals surface area (Å²) in [4.78, 5) is 14.9. The van der Waals surface area contributed by atoms with Crippen LogP contribution >= 0.6 is 0 Å². The van der Waals surface area contributed by atoms with Crippen LogP contribution in [0.2, 0.25) is 0 Å². The van der Waals surface area contributed by atoms with Gasteiger partial charge in [-0.1, -0.05) is 6.07 Å². The molecule has 0 aliphatic heterocycles. The SMILES string of the molecule is COc1ccc(NCc2cccc(C(=O)O)n2)c(OC)c1. The molecular formula is C15H16N2O4. The van der Waals surface area contributed by atoms with Crippen molar-refractivity contribution in [3.05, 3.63) is 47.8 Å². The van der Waals surface area contributed by atoms with Crippen molar-refractivity contribution in [1.29, 1.82) is 0 Å². The van der Waals surface area contributed by atoms with Gasteiger partial charge in [0.15, 0.2) is 0 Å². The normalized spacial score (nSPS) is 10.0. The molecule has 0 amide bonds. The molecule has 2 aromatic rings. The van der Waals surface area contributed by atoms with Crippen LogP contribution in [0.3, 0.4) is 0 Å². The molecule has 2 N–H and O–H groups in total. The van der Waals surface area contributed by atoms with Gasteiger partial charge in [-0.2, -0.15) is 0 Å². The van der Waals surface area contributed by atoms with Gasteiger partial charge in [0.25, 0.3) is 0 Å². The molecule has 0 fully saturated rings. The number of carboxylic acids is 1. The number of carboxylic acid groups (broad SMARTS) is 1.